The molecule has 1 saturated heterocycles. The Bertz CT molecular complexity index is 840. The van der Waals surface area contributed by atoms with E-state index in [1.54, 1.807) is 6.26 Å². The predicted molar refractivity (Wildman–Crippen MR) is 126 cm³/mol. The molecule has 0 bridgehead atoms. The van der Waals surface area contributed by atoms with Crippen molar-refractivity contribution in [1.82, 2.24) is 25.6 Å². The van der Waals surface area contributed by atoms with Gasteiger partial charge in [0.05, 0.1) is 5.92 Å². The lowest BCUT2D eigenvalue weighted by molar-refractivity contribution is -0.124. The van der Waals surface area contributed by atoms with Crippen LogP contribution < -0.4 is 21.1 Å². The molecular weight excluding hydrogens is 449 g/mol. The van der Waals surface area contributed by atoms with Gasteiger partial charge in [-0.15, -0.1) is 0 Å². The Morgan fingerprint density at radius 2 is 2.00 bits per heavy atom. The van der Waals surface area contributed by atoms with Gasteiger partial charge in [-0.1, -0.05) is 37.4 Å². The van der Waals surface area contributed by atoms with Crippen molar-refractivity contribution in [2.24, 2.45) is 11.8 Å². The maximum absolute atomic E-state index is 15.3. The SMILES string of the molecule is CSc1nc(NNC(=O)[C@@H](CNC(=O)O)CC2CCCC2)c(F)c(N2CCN(C)[C@@H](C)C2)n1. The van der Waals surface area contributed by atoms with Crippen molar-refractivity contribution in [3.8, 4) is 0 Å². The number of nitrogens with one attached hydrogen (secondary N) is 3. The second kappa shape index (κ2) is 11.7. The first-order chi connectivity index (χ1) is 15.8. The van der Waals surface area contributed by atoms with Gasteiger partial charge in [-0.25, -0.2) is 14.8 Å². The van der Waals surface area contributed by atoms with Crippen LogP contribution in [0, 0.1) is 17.7 Å². The number of thioether (sulfide) groups is 1. The van der Waals surface area contributed by atoms with Crippen molar-refractivity contribution in [3.05, 3.63) is 5.82 Å². The lowest BCUT2D eigenvalue weighted by Crippen LogP contribution is -2.50. The number of carboxylic acid groups (broad SMARTS) is 1. The molecule has 2 atom stereocenters. The number of hydrogen-bond donors (Lipinski definition) is 4. The molecule has 1 aromatic heterocycles. The zero-order valence-corrected chi connectivity index (χ0v) is 20.3. The van der Waals surface area contributed by atoms with Gasteiger partial charge in [0, 0.05) is 32.2 Å². The van der Waals surface area contributed by atoms with E-state index in [2.05, 4.69) is 38.0 Å². The highest BCUT2D eigenvalue weighted by Crippen LogP contribution is 2.31. The summed E-state index contributed by atoms with van der Waals surface area (Å²) in [7, 11) is 2.04. The molecule has 33 heavy (non-hydrogen) atoms. The van der Waals surface area contributed by atoms with E-state index < -0.39 is 23.7 Å². The number of carbonyl (C=O) groups excluding carboxylic acids is 1. The van der Waals surface area contributed by atoms with E-state index in [4.69, 9.17) is 5.11 Å². The number of rotatable bonds is 9. The van der Waals surface area contributed by atoms with E-state index in [9.17, 15) is 9.59 Å². The largest absolute Gasteiger partial charge is 0.465 e. The lowest BCUT2D eigenvalue weighted by Gasteiger charge is -2.38. The number of likely N-dealkylation sites (N-methyl/N-ethyl adjacent to an activating group) is 1. The second-order valence-electron chi connectivity index (χ2n) is 8.86. The molecule has 1 aliphatic heterocycles. The van der Waals surface area contributed by atoms with Crippen molar-refractivity contribution in [3.63, 3.8) is 0 Å². The molecule has 1 aromatic rings. The van der Waals surface area contributed by atoms with Crippen LogP contribution in [0.3, 0.4) is 0 Å². The molecule has 0 radical (unpaired) electrons. The Kier molecular flexibility index (Phi) is 8.95. The molecule has 2 amide bonds. The molecule has 0 aromatic carbocycles. The molecule has 184 valence electrons. The minimum absolute atomic E-state index is 0.00605. The summed E-state index contributed by atoms with van der Waals surface area (Å²) in [5.41, 5.74) is 5.18. The van der Waals surface area contributed by atoms with Gasteiger partial charge in [0.25, 0.3) is 0 Å². The van der Waals surface area contributed by atoms with Gasteiger partial charge in [0.2, 0.25) is 11.7 Å². The molecule has 4 N–H and O–H groups in total. The van der Waals surface area contributed by atoms with E-state index in [1.165, 1.54) is 11.8 Å². The van der Waals surface area contributed by atoms with Crippen LogP contribution in [0.15, 0.2) is 5.16 Å². The number of hydrogen-bond acceptors (Lipinski definition) is 8. The van der Waals surface area contributed by atoms with E-state index in [0.29, 0.717) is 30.6 Å². The number of aromatic nitrogens is 2. The monoisotopic (exact) mass is 483 g/mol. The molecule has 2 aliphatic rings. The third-order valence-electron chi connectivity index (χ3n) is 6.52. The van der Waals surface area contributed by atoms with Crippen LogP contribution in [-0.2, 0) is 4.79 Å². The van der Waals surface area contributed by atoms with Crippen LogP contribution in [0.5, 0.6) is 0 Å². The Hall–Kier alpha value is -2.34. The van der Waals surface area contributed by atoms with Crippen LogP contribution in [-0.4, -0.2) is 77.5 Å². The van der Waals surface area contributed by atoms with Gasteiger partial charge < -0.3 is 20.2 Å². The van der Waals surface area contributed by atoms with Crippen molar-refractivity contribution in [2.45, 2.75) is 50.2 Å². The van der Waals surface area contributed by atoms with Crippen molar-refractivity contribution in [2.75, 3.05) is 49.8 Å². The first kappa shape index (κ1) is 25.3. The normalized spacial score (nSPS) is 20.5. The van der Waals surface area contributed by atoms with Crippen molar-refractivity contribution >= 4 is 35.4 Å². The number of nitrogens with zero attached hydrogens (tertiary/aromatic N) is 4. The third kappa shape index (κ3) is 6.83. The number of amides is 2. The number of carbonyl (C=O) groups is 2. The van der Waals surface area contributed by atoms with Crippen molar-refractivity contribution < 1.29 is 19.1 Å². The topological polar surface area (TPSA) is 123 Å². The summed E-state index contributed by atoms with van der Waals surface area (Å²) in [6.45, 7) is 4.15. The van der Waals surface area contributed by atoms with Crippen LogP contribution in [0.2, 0.25) is 0 Å². The predicted octanol–water partition coefficient (Wildman–Crippen LogP) is 2.39. The summed E-state index contributed by atoms with van der Waals surface area (Å²) < 4.78 is 15.3. The van der Waals surface area contributed by atoms with Crippen LogP contribution >= 0.6 is 11.8 Å². The Balaban J connectivity index is 1.71. The summed E-state index contributed by atoms with van der Waals surface area (Å²) in [6, 6.07) is 0.250. The standard InChI is InChI=1S/C21H34FN7O3S/c1-13-12-29(9-8-28(13)2)18-16(22)17(24-20(25-18)33-3)26-27-19(30)15(11-23-21(31)32)10-14-6-4-5-7-14/h13-15,23H,4-12H2,1-3H3,(H,27,30)(H,31,32)(H,24,25,26)/t13-,15+/m0/s1. The molecule has 2 fully saturated rings. The maximum Gasteiger partial charge on any atom is 0.404 e. The zero-order valence-electron chi connectivity index (χ0n) is 19.4. The molecular formula is C21H34FN7O3S. The first-order valence-electron chi connectivity index (χ1n) is 11.4. The molecule has 0 unspecified atom stereocenters. The molecule has 0 spiro atoms. The van der Waals surface area contributed by atoms with Gasteiger partial charge in [0.1, 0.15) is 0 Å². The van der Waals surface area contributed by atoms with Gasteiger partial charge >= 0.3 is 6.09 Å². The minimum Gasteiger partial charge on any atom is -0.465 e. The molecule has 2 heterocycles. The number of halogens is 1. The summed E-state index contributed by atoms with van der Waals surface area (Å²) >= 11 is 1.29. The maximum atomic E-state index is 15.3. The fourth-order valence-corrected chi connectivity index (χ4v) is 4.76. The third-order valence-corrected chi connectivity index (χ3v) is 7.07. The average Bonchev–Trinajstić information content (AvgIpc) is 3.30. The smallest absolute Gasteiger partial charge is 0.404 e. The van der Waals surface area contributed by atoms with Crippen LogP contribution in [0.1, 0.15) is 39.0 Å². The number of piperazine rings is 1. The van der Waals surface area contributed by atoms with E-state index in [0.717, 1.165) is 32.2 Å². The highest BCUT2D eigenvalue weighted by molar-refractivity contribution is 7.98. The fraction of sp³-hybridized carbons (Fsp3) is 0.714. The summed E-state index contributed by atoms with van der Waals surface area (Å²) in [5.74, 6) is -1.08. The van der Waals surface area contributed by atoms with Gasteiger partial charge in [-0.05, 0) is 32.6 Å². The Labute approximate surface area is 198 Å². The molecule has 10 nitrogen and oxygen atoms in total. The van der Waals surface area contributed by atoms with E-state index in [-0.39, 0.29) is 24.2 Å². The molecule has 12 heteroatoms. The average molecular weight is 484 g/mol. The molecule has 3 rings (SSSR count). The molecule has 1 aliphatic carbocycles. The quantitative estimate of drug-likeness (QED) is 0.238. The summed E-state index contributed by atoms with van der Waals surface area (Å²) in [5, 5.41) is 11.7. The first-order valence-corrected chi connectivity index (χ1v) is 12.6. The Morgan fingerprint density at radius 3 is 2.64 bits per heavy atom. The second-order valence-corrected chi connectivity index (χ2v) is 9.63. The number of hydrazine groups is 1. The van der Waals surface area contributed by atoms with Gasteiger partial charge in [-0.3, -0.25) is 15.6 Å². The van der Waals surface area contributed by atoms with Crippen molar-refractivity contribution in [1.29, 1.82) is 0 Å². The minimum atomic E-state index is -1.18. The van der Waals surface area contributed by atoms with Crippen LogP contribution in [0.25, 0.3) is 0 Å². The number of anilines is 2. The van der Waals surface area contributed by atoms with E-state index >= 15 is 4.39 Å². The molecule has 1 saturated carbocycles. The lowest BCUT2D eigenvalue weighted by atomic mass is 9.92. The van der Waals surface area contributed by atoms with Gasteiger partial charge in [-0.2, -0.15) is 4.39 Å². The van der Waals surface area contributed by atoms with Crippen LogP contribution in [0.4, 0.5) is 20.8 Å². The summed E-state index contributed by atoms with van der Waals surface area (Å²) in [6.07, 6.45) is 5.54. The van der Waals surface area contributed by atoms with E-state index in [1.807, 2.05) is 11.9 Å². The fourth-order valence-electron chi connectivity index (χ4n) is 4.40. The summed E-state index contributed by atoms with van der Waals surface area (Å²) in [4.78, 5) is 36.5. The van der Waals surface area contributed by atoms with Gasteiger partial charge in [0.15, 0.2) is 16.8 Å². The zero-order chi connectivity index (χ0) is 24.0. The highest BCUT2D eigenvalue weighted by atomic mass is 32.2. The Morgan fingerprint density at radius 1 is 1.27 bits per heavy atom. The highest BCUT2D eigenvalue weighted by Gasteiger charge is 2.28.